The number of pyridine rings is 1. The molecule has 110 valence electrons. The van der Waals surface area contributed by atoms with Crippen LogP contribution in [0.4, 0.5) is 0 Å². The molecule has 2 unspecified atom stereocenters. The van der Waals surface area contributed by atoms with Crippen molar-refractivity contribution < 1.29 is 4.74 Å². The van der Waals surface area contributed by atoms with Crippen molar-refractivity contribution in [3.8, 4) is 5.88 Å². The molecule has 21 heavy (non-hydrogen) atoms. The first-order chi connectivity index (χ1) is 10.3. The van der Waals surface area contributed by atoms with E-state index < -0.39 is 0 Å². The van der Waals surface area contributed by atoms with Gasteiger partial charge in [-0.05, 0) is 37.9 Å². The summed E-state index contributed by atoms with van der Waals surface area (Å²) in [6, 6.07) is 6.22. The Bertz CT molecular complexity index is 617. The van der Waals surface area contributed by atoms with Crippen LogP contribution in [0.15, 0.2) is 30.7 Å². The summed E-state index contributed by atoms with van der Waals surface area (Å²) in [5.41, 5.74) is 3.50. The Morgan fingerprint density at radius 3 is 3.05 bits per heavy atom. The van der Waals surface area contributed by atoms with Gasteiger partial charge in [0.25, 0.3) is 0 Å². The molecule has 2 atom stereocenters. The molecule has 3 rings (SSSR count). The van der Waals surface area contributed by atoms with Crippen LogP contribution in [0.3, 0.4) is 0 Å². The zero-order chi connectivity index (χ0) is 14.7. The normalized spacial score (nSPS) is 18.9. The van der Waals surface area contributed by atoms with Gasteiger partial charge < -0.3 is 10.1 Å². The van der Waals surface area contributed by atoms with Crippen molar-refractivity contribution in [3.63, 3.8) is 0 Å². The van der Waals surface area contributed by atoms with Crippen LogP contribution in [-0.4, -0.2) is 29.1 Å². The van der Waals surface area contributed by atoms with Crippen molar-refractivity contribution in [2.75, 3.05) is 14.2 Å². The number of hydrogen-bond donors (Lipinski definition) is 1. The van der Waals surface area contributed by atoms with Crippen molar-refractivity contribution >= 4 is 0 Å². The van der Waals surface area contributed by atoms with Crippen molar-refractivity contribution in [1.82, 2.24) is 20.3 Å². The predicted octanol–water partition coefficient (Wildman–Crippen LogP) is 2.26. The van der Waals surface area contributed by atoms with Crippen LogP contribution < -0.4 is 10.1 Å². The number of methoxy groups -OCH3 is 1. The standard InChI is InChI=1S/C16H20N4O/c1-17-16(13-9-14(21-2)20-10-19-13)12-7-3-5-11-6-4-8-18-15(11)12/h4,6,8-10,12,16-17H,3,5,7H2,1-2H3. The largest absolute Gasteiger partial charge is 0.481 e. The van der Waals surface area contributed by atoms with E-state index in [4.69, 9.17) is 4.74 Å². The minimum Gasteiger partial charge on any atom is -0.481 e. The smallest absolute Gasteiger partial charge is 0.216 e. The molecule has 0 amide bonds. The molecule has 1 N–H and O–H groups in total. The number of nitrogens with one attached hydrogen (secondary N) is 1. The molecule has 0 aromatic carbocycles. The van der Waals surface area contributed by atoms with Gasteiger partial charge in [-0.3, -0.25) is 4.98 Å². The maximum absolute atomic E-state index is 5.21. The highest BCUT2D eigenvalue weighted by Crippen LogP contribution is 2.38. The fourth-order valence-corrected chi connectivity index (χ4v) is 3.16. The first-order valence-electron chi connectivity index (χ1n) is 7.30. The van der Waals surface area contributed by atoms with Crippen molar-refractivity contribution in [1.29, 1.82) is 0 Å². The molecule has 0 saturated heterocycles. The lowest BCUT2D eigenvalue weighted by Crippen LogP contribution is -2.28. The van der Waals surface area contributed by atoms with E-state index in [0.29, 0.717) is 11.8 Å². The number of hydrogen-bond acceptors (Lipinski definition) is 5. The van der Waals surface area contributed by atoms with Crippen molar-refractivity contribution in [2.45, 2.75) is 31.2 Å². The second-order valence-electron chi connectivity index (χ2n) is 5.30. The molecular weight excluding hydrogens is 264 g/mol. The molecule has 0 saturated carbocycles. The Morgan fingerprint density at radius 2 is 2.24 bits per heavy atom. The average Bonchev–Trinajstić information content (AvgIpc) is 2.56. The van der Waals surface area contributed by atoms with Crippen LogP contribution >= 0.6 is 0 Å². The number of ether oxygens (including phenoxy) is 1. The molecular formula is C16H20N4O. The molecule has 2 heterocycles. The summed E-state index contributed by atoms with van der Waals surface area (Å²) in [6.45, 7) is 0. The molecule has 0 radical (unpaired) electrons. The molecule has 1 aliphatic carbocycles. The summed E-state index contributed by atoms with van der Waals surface area (Å²) < 4.78 is 5.21. The van der Waals surface area contributed by atoms with Gasteiger partial charge in [-0.25, -0.2) is 9.97 Å². The summed E-state index contributed by atoms with van der Waals surface area (Å²) in [5.74, 6) is 0.928. The summed E-state index contributed by atoms with van der Waals surface area (Å²) in [4.78, 5) is 13.1. The molecule has 0 aliphatic heterocycles. The third kappa shape index (κ3) is 2.74. The third-order valence-corrected chi connectivity index (χ3v) is 4.14. The van der Waals surface area contributed by atoms with E-state index >= 15 is 0 Å². The molecule has 1 aliphatic rings. The maximum Gasteiger partial charge on any atom is 0.216 e. The lowest BCUT2D eigenvalue weighted by atomic mass is 9.81. The van der Waals surface area contributed by atoms with Gasteiger partial charge in [0.1, 0.15) is 6.33 Å². The van der Waals surface area contributed by atoms with Gasteiger partial charge in [0.05, 0.1) is 18.8 Å². The molecule has 0 bridgehead atoms. The van der Waals surface area contributed by atoms with Gasteiger partial charge in [0, 0.05) is 23.9 Å². The Hall–Kier alpha value is -2.01. The molecule has 0 fully saturated rings. The monoisotopic (exact) mass is 284 g/mol. The van der Waals surface area contributed by atoms with Gasteiger partial charge in [-0.1, -0.05) is 6.07 Å². The van der Waals surface area contributed by atoms with E-state index in [9.17, 15) is 0 Å². The third-order valence-electron chi connectivity index (χ3n) is 4.14. The first kappa shape index (κ1) is 13.9. The minimum atomic E-state index is 0.121. The number of aromatic nitrogens is 3. The lowest BCUT2D eigenvalue weighted by molar-refractivity contribution is 0.384. The molecule has 2 aromatic heterocycles. The summed E-state index contributed by atoms with van der Waals surface area (Å²) in [5, 5.41) is 3.39. The fraction of sp³-hybridized carbons (Fsp3) is 0.438. The summed E-state index contributed by atoms with van der Waals surface area (Å²) in [7, 11) is 3.59. The van der Waals surface area contributed by atoms with E-state index in [0.717, 1.165) is 18.5 Å². The van der Waals surface area contributed by atoms with Crippen LogP contribution in [0.2, 0.25) is 0 Å². The van der Waals surface area contributed by atoms with Crippen LogP contribution in [0, 0.1) is 0 Å². The van der Waals surface area contributed by atoms with Crippen molar-refractivity contribution in [2.24, 2.45) is 0 Å². The highest BCUT2D eigenvalue weighted by molar-refractivity contribution is 5.30. The quantitative estimate of drug-likeness (QED) is 0.933. The van der Waals surface area contributed by atoms with E-state index in [1.807, 2.05) is 25.4 Å². The highest BCUT2D eigenvalue weighted by atomic mass is 16.5. The fourth-order valence-electron chi connectivity index (χ4n) is 3.16. The SMILES string of the molecule is CNC(c1cc(OC)ncn1)C1CCCc2cccnc21. The Balaban J connectivity index is 1.97. The zero-order valence-corrected chi connectivity index (χ0v) is 12.4. The van der Waals surface area contributed by atoms with E-state index in [1.165, 1.54) is 17.7 Å². The number of likely N-dealkylation sites (N-methyl/N-ethyl adjacent to an activating group) is 1. The number of fused-ring (bicyclic) bond motifs is 1. The second kappa shape index (κ2) is 6.18. The van der Waals surface area contributed by atoms with Gasteiger partial charge >= 0.3 is 0 Å². The van der Waals surface area contributed by atoms with Gasteiger partial charge in [0.2, 0.25) is 5.88 Å². The molecule has 5 nitrogen and oxygen atoms in total. The first-order valence-corrected chi connectivity index (χ1v) is 7.30. The predicted molar refractivity (Wildman–Crippen MR) is 80.3 cm³/mol. The molecule has 0 spiro atoms. The zero-order valence-electron chi connectivity index (χ0n) is 12.4. The number of aryl methyl sites for hydroxylation is 1. The van der Waals surface area contributed by atoms with Crippen LogP contribution in [0.25, 0.3) is 0 Å². The van der Waals surface area contributed by atoms with Gasteiger partial charge in [-0.15, -0.1) is 0 Å². The van der Waals surface area contributed by atoms with Gasteiger partial charge in [-0.2, -0.15) is 0 Å². The number of nitrogens with zero attached hydrogens (tertiary/aromatic N) is 3. The maximum atomic E-state index is 5.21. The number of rotatable bonds is 4. The van der Waals surface area contributed by atoms with Gasteiger partial charge in [0.15, 0.2) is 0 Å². The Morgan fingerprint density at radius 1 is 1.33 bits per heavy atom. The highest BCUT2D eigenvalue weighted by Gasteiger charge is 2.30. The van der Waals surface area contributed by atoms with Crippen LogP contribution in [0.1, 0.15) is 41.8 Å². The minimum absolute atomic E-state index is 0.121. The summed E-state index contributed by atoms with van der Waals surface area (Å²) in [6.07, 6.45) is 6.85. The Labute approximate surface area is 124 Å². The lowest BCUT2D eigenvalue weighted by Gasteiger charge is -2.30. The second-order valence-corrected chi connectivity index (χ2v) is 5.30. The van der Waals surface area contributed by atoms with E-state index in [1.54, 1.807) is 13.4 Å². The topological polar surface area (TPSA) is 59.9 Å². The molecule has 2 aromatic rings. The summed E-state index contributed by atoms with van der Waals surface area (Å²) >= 11 is 0. The van der Waals surface area contributed by atoms with Crippen molar-refractivity contribution in [3.05, 3.63) is 47.7 Å². The van der Waals surface area contributed by atoms with E-state index in [2.05, 4.69) is 26.3 Å². The van der Waals surface area contributed by atoms with Crippen LogP contribution in [-0.2, 0) is 6.42 Å². The average molecular weight is 284 g/mol. The Kier molecular flexibility index (Phi) is 4.10. The van der Waals surface area contributed by atoms with E-state index in [-0.39, 0.29) is 6.04 Å². The van der Waals surface area contributed by atoms with Crippen LogP contribution in [0.5, 0.6) is 5.88 Å². The molecule has 5 heteroatoms.